The van der Waals surface area contributed by atoms with Crippen molar-refractivity contribution in [1.29, 1.82) is 0 Å². The summed E-state index contributed by atoms with van der Waals surface area (Å²) in [4.78, 5) is 12.2. The Balaban J connectivity index is 2.05. The molecule has 6 nitrogen and oxygen atoms in total. The van der Waals surface area contributed by atoms with Gasteiger partial charge >= 0.3 is 0 Å². The van der Waals surface area contributed by atoms with E-state index >= 15 is 0 Å². The van der Waals surface area contributed by atoms with Crippen molar-refractivity contribution in [2.24, 2.45) is 5.14 Å². The Kier molecular flexibility index (Phi) is 5.26. The number of hydrogen-bond acceptors (Lipinski definition) is 4. The lowest BCUT2D eigenvalue weighted by atomic mass is 10.1. The predicted molar refractivity (Wildman–Crippen MR) is 92.5 cm³/mol. The van der Waals surface area contributed by atoms with Gasteiger partial charge in [-0.3, -0.25) is 4.79 Å². The van der Waals surface area contributed by atoms with Gasteiger partial charge in [0.2, 0.25) is 10.0 Å². The monoisotopic (exact) mass is 348 g/mol. The number of hydrogen-bond donors (Lipinski definition) is 2. The van der Waals surface area contributed by atoms with Crippen LogP contribution in [0.1, 0.15) is 18.1 Å². The highest BCUT2D eigenvalue weighted by Gasteiger charge is 2.16. The Labute approximate surface area is 141 Å². The molecular weight excluding hydrogens is 328 g/mol. The summed E-state index contributed by atoms with van der Waals surface area (Å²) in [5, 5.41) is 7.71. The normalized spacial score (nSPS) is 12.5. The quantitative estimate of drug-likeness (QED) is 0.866. The maximum Gasteiger partial charge on any atom is 0.265 e. The van der Waals surface area contributed by atoms with Gasteiger partial charge in [0, 0.05) is 5.69 Å². The van der Waals surface area contributed by atoms with Gasteiger partial charge in [0.05, 0.1) is 4.90 Å². The molecule has 0 unspecified atom stereocenters. The van der Waals surface area contributed by atoms with E-state index in [9.17, 15) is 13.2 Å². The van der Waals surface area contributed by atoms with Gasteiger partial charge in [-0.2, -0.15) is 0 Å². The van der Waals surface area contributed by atoms with E-state index in [0.29, 0.717) is 11.4 Å². The van der Waals surface area contributed by atoms with Gasteiger partial charge in [0.25, 0.3) is 5.91 Å². The predicted octanol–water partition coefficient (Wildman–Crippen LogP) is 2.36. The first-order valence-corrected chi connectivity index (χ1v) is 8.89. The topological polar surface area (TPSA) is 98.5 Å². The molecule has 0 heterocycles. The van der Waals surface area contributed by atoms with Crippen LogP contribution in [0.5, 0.6) is 5.75 Å². The minimum atomic E-state index is -3.75. The van der Waals surface area contributed by atoms with Crippen LogP contribution in [0, 0.1) is 13.8 Å². The summed E-state index contributed by atoms with van der Waals surface area (Å²) in [5.41, 5.74) is 2.45. The minimum absolute atomic E-state index is 0.0137. The number of primary sulfonamides is 1. The Morgan fingerprint density at radius 2 is 1.75 bits per heavy atom. The Morgan fingerprint density at radius 1 is 1.12 bits per heavy atom. The second-order valence-electron chi connectivity index (χ2n) is 5.59. The van der Waals surface area contributed by atoms with Crippen molar-refractivity contribution in [3.8, 4) is 5.75 Å². The van der Waals surface area contributed by atoms with Crippen molar-refractivity contribution in [3.63, 3.8) is 0 Å². The molecular formula is C17H20N2O4S. The van der Waals surface area contributed by atoms with E-state index in [2.05, 4.69) is 5.32 Å². The van der Waals surface area contributed by atoms with Gasteiger partial charge in [0.15, 0.2) is 6.10 Å². The molecule has 2 aromatic carbocycles. The number of carbonyl (C=O) groups excluding carboxylic acids is 1. The lowest BCUT2D eigenvalue weighted by molar-refractivity contribution is -0.122. The third kappa shape index (κ3) is 4.56. The van der Waals surface area contributed by atoms with E-state index in [-0.39, 0.29) is 10.8 Å². The summed E-state index contributed by atoms with van der Waals surface area (Å²) in [6, 6.07) is 11.4. The highest BCUT2D eigenvalue weighted by Crippen LogP contribution is 2.21. The summed E-state index contributed by atoms with van der Waals surface area (Å²) in [7, 11) is -3.75. The molecule has 0 bridgehead atoms. The third-order valence-corrected chi connectivity index (χ3v) is 4.40. The zero-order valence-electron chi connectivity index (χ0n) is 13.7. The fourth-order valence-corrected chi connectivity index (χ4v) is 2.57. The highest BCUT2D eigenvalue weighted by molar-refractivity contribution is 7.89. The molecule has 0 aliphatic heterocycles. The standard InChI is InChI=1S/C17H20N2O4S/c1-11-4-5-12(2)16(10-11)23-13(3)17(20)19-14-6-8-15(9-7-14)24(18,21)22/h4-10,13H,1-3H3,(H,19,20)(H2,18,21,22)/t13-/m1/s1. The van der Waals surface area contributed by atoms with E-state index < -0.39 is 16.1 Å². The van der Waals surface area contributed by atoms with Crippen molar-refractivity contribution in [2.45, 2.75) is 31.8 Å². The summed E-state index contributed by atoms with van der Waals surface area (Å²) < 4.78 is 28.1. The summed E-state index contributed by atoms with van der Waals surface area (Å²) in [5.74, 6) is 0.321. The second kappa shape index (κ2) is 7.02. The first-order chi connectivity index (χ1) is 11.2. The van der Waals surface area contributed by atoms with Gasteiger partial charge < -0.3 is 10.1 Å². The average molecular weight is 348 g/mol. The molecule has 0 spiro atoms. The molecule has 24 heavy (non-hydrogen) atoms. The number of aryl methyl sites for hydroxylation is 2. The van der Waals surface area contributed by atoms with Gasteiger partial charge in [0.1, 0.15) is 5.75 Å². The van der Waals surface area contributed by atoms with Gasteiger partial charge in [-0.25, -0.2) is 13.6 Å². The largest absolute Gasteiger partial charge is 0.481 e. The average Bonchev–Trinajstić information content (AvgIpc) is 2.50. The van der Waals surface area contributed by atoms with E-state index in [1.165, 1.54) is 24.3 Å². The van der Waals surface area contributed by atoms with Crippen molar-refractivity contribution in [1.82, 2.24) is 0 Å². The molecule has 0 aliphatic carbocycles. The molecule has 0 saturated heterocycles. The molecule has 0 aliphatic rings. The molecule has 7 heteroatoms. The molecule has 0 fully saturated rings. The second-order valence-corrected chi connectivity index (χ2v) is 7.15. The van der Waals surface area contributed by atoms with E-state index in [4.69, 9.17) is 9.88 Å². The number of anilines is 1. The van der Waals surface area contributed by atoms with Crippen molar-refractivity contribution in [3.05, 3.63) is 53.6 Å². The number of benzene rings is 2. The summed E-state index contributed by atoms with van der Waals surface area (Å²) >= 11 is 0. The molecule has 1 atom stereocenters. The Hall–Kier alpha value is -2.38. The van der Waals surface area contributed by atoms with Crippen LogP contribution in [-0.2, 0) is 14.8 Å². The first-order valence-electron chi connectivity index (χ1n) is 7.34. The van der Waals surface area contributed by atoms with Crippen LogP contribution in [0.2, 0.25) is 0 Å². The van der Waals surface area contributed by atoms with Crippen molar-refractivity contribution < 1.29 is 17.9 Å². The van der Waals surface area contributed by atoms with E-state index in [1.54, 1.807) is 6.92 Å². The maximum absolute atomic E-state index is 12.2. The lowest BCUT2D eigenvalue weighted by Gasteiger charge is -2.17. The van der Waals surface area contributed by atoms with Crippen LogP contribution in [0.4, 0.5) is 5.69 Å². The molecule has 128 valence electrons. The number of rotatable bonds is 5. The number of ether oxygens (including phenoxy) is 1. The van der Waals surface area contributed by atoms with Crippen LogP contribution >= 0.6 is 0 Å². The van der Waals surface area contributed by atoms with Crippen LogP contribution in [0.3, 0.4) is 0 Å². The fourth-order valence-electron chi connectivity index (χ4n) is 2.05. The number of sulfonamides is 1. The Bertz CT molecular complexity index is 845. The number of nitrogens with one attached hydrogen (secondary N) is 1. The van der Waals surface area contributed by atoms with Crippen LogP contribution in [-0.4, -0.2) is 20.4 Å². The Morgan fingerprint density at radius 3 is 2.33 bits per heavy atom. The fraction of sp³-hybridized carbons (Fsp3) is 0.235. The molecule has 0 aromatic heterocycles. The first kappa shape index (κ1) is 18.0. The molecule has 0 radical (unpaired) electrons. The van der Waals surface area contributed by atoms with Crippen molar-refractivity contribution in [2.75, 3.05) is 5.32 Å². The number of nitrogens with two attached hydrogens (primary N) is 1. The van der Waals surface area contributed by atoms with Crippen LogP contribution < -0.4 is 15.2 Å². The zero-order valence-corrected chi connectivity index (χ0v) is 14.6. The molecule has 2 rings (SSSR count). The molecule has 3 N–H and O–H groups in total. The minimum Gasteiger partial charge on any atom is -0.481 e. The number of amides is 1. The van der Waals surface area contributed by atoms with E-state index in [0.717, 1.165) is 11.1 Å². The molecule has 2 aromatic rings. The van der Waals surface area contributed by atoms with Gasteiger partial charge in [-0.15, -0.1) is 0 Å². The van der Waals surface area contributed by atoms with Crippen LogP contribution in [0.25, 0.3) is 0 Å². The SMILES string of the molecule is Cc1ccc(C)c(O[C@H](C)C(=O)Nc2ccc(S(N)(=O)=O)cc2)c1. The molecule has 1 amide bonds. The maximum atomic E-state index is 12.2. The van der Waals surface area contributed by atoms with Crippen LogP contribution in [0.15, 0.2) is 47.4 Å². The van der Waals surface area contributed by atoms with E-state index in [1.807, 2.05) is 32.0 Å². The zero-order chi connectivity index (χ0) is 17.9. The number of carbonyl (C=O) groups is 1. The highest BCUT2D eigenvalue weighted by atomic mass is 32.2. The smallest absolute Gasteiger partial charge is 0.265 e. The van der Waals surface area contributed by atoms with Gasteiger partial charge in [-0.05, 0) is 62.2 Å². The summed E-state index contributed by atoms with van der Waals surface area (Å²) in [6.45, 7) is 5.51. The summed E-state index contributed by atoms with van der Waals surface area (Å²) in [6.07, 6.45) is -0.705. The van der Waals surface area contributed by atoms with Gasteiger partial charge in [-0.1, -0.05) is 12.1 Å². The third-order valence-electron chi connectivity index (χ3n) is 3.47. The molecule has 0 saturated carbocycles. The lowest BCUT2D eigenvalue weighted by Crippen LogP contribution is -2.30. The van der Waals surface area contributed by atoms with Crippen molar-refractivity contribution >= 4 is 21.6 Å².